The number of rotatable bonds is 16. The predicted molar refractivity (Wildman–Crippen MR) is 167 cm³/mol. The van der Waals surface area contributed by atoms with Crippen LogP contribution in [-0.4, -0.2) is 33.7 Å². The van der Waals surface area contributed by atoms with E-state index in [0.29, 0.717) is 34.8 Å². The number of allylic oxidation sites excluding steroid dienone is 1. The summed E-state index contributed by atoms with van der Waals surface area (Å²) in [4.78, 5) is 35.4. The van der Waals surface area contributed by atoms with Gasteiger partial charge in [-0.1, -0.05) is 63.5 Å². The maximum Gasteiger partial charge on any atom is 0.344 e. The van der Waals surface area contributed by atoms with Gasteiger partial charge in [0.1, 0.15) is 29.4 Å². The average Bonchev–Trinajstić information content (AvgIpc) is 2.96. The Labute approximate surface area is 249 Å². The molecule has 41 heavy (non-hydrogen) atoms. The number of unbranched alkanes of at least 4 members (excludes halogenated alkanes) is 7. The fourth-order valence-corrected chi connectivity index (χ4v) is 6.05. The second-order valence-electron chi connectivity index (χ2n) is 9.61. The van der Waals surface area contributed by atoms with E-state index in [1.165, 1.54) is 68.5 Å². The van der Waals surface area contributed by atoms with Gasteiger partial charge >= 0.3 is 5.63 Å². The number of hydrogen-bond donors (Lipinski definition) is 0. The molecule has 0 unspecified atom stereocenters. The van der Waals surface area contributed by atoms with Gasteiger partial charge in [-0.05, 0) is 32.1 Å². The summed E-state index contributed by atoms with van der Waals surface area (Å²) in [6, 6.07) is 5.11. The molecule has 3 rings (SSSR count). The van der Waals surface area contributed by atoms with Crippen LogP contribution in [0.3, 0.4) is 0 Å². The Morgan fingerprint density at radius 2 is 1.83 bits per heavy atom. The summed E-state index contributed by atoms with van der Waals surface area (Å²) < 4.78 is 5.71. The molecular weight excluding hydrogens is 562 g/mol. The zero-order chi connectivity index (χ0) is 29.8. The summed E-state index contributed by atoms with van der Waals surface area (Å²) in [6.45, 7) is 7.14. The predicted octanol–water partition coefficient (Wildman–Crippen LogP) is 8.29. The van der Waals surface area contributed by atoms with Crippen molar-refractivity contribution >= 4 is 57.4 Å². The molecule has 218 valence electrons. The molecule has 0 aliphatic rings. The van der Waals surface area contributed by atoms with Gasteiger partial charge in [0.05, 0.1) is 21.1 Å². The lowest BCUT2D eigenvalue weighted by Gasteiger charge is -2.21. The number of fused-ring (bicyclic) bond motifs is 1. The van der Waals surface area contributed by atoms with Gasteiger partial charge < -0.3 is 9.32 Å². The number of aromatic nitrogens is 2. The van der Waals surface area contributed by atoms with Gasteiger partial charge in [-0.25, -0.2) is 14.8 Å². The highest BCUT2D eigenvalue weighted by atomic mass is 35.5. The molecule has 0 bridgehead atoms. The molecule has 0 aliphatic carbocycles. The van der Waals surface area contributed by atoms with Gasteiger partial charge in [0.25, 0.3) is 5.69 Å². The van der Waals surface area contributed by atoms with Crippen molar-refractivity contribution in [3.8, 4) is 6.07 Å². The topological polar surface area (TPSA) is 126 Å². The van der Waals surface area contributed by atoms with Crippen molar-refractivity contribution in [3.63, 3.8) is 0 Å². The van der Waals surface area contributed by atoms with Gasteiger partial charge in [0.2, 0.25) is 0 Å². The number of nitro benzene ring substituents is 1. The van der Waals surface area contributed by atoms with E-state index in [2.05, 4.69) is 23.0 Å². The molecular formula is C30H36ClN5O4S. The molecule has 0 saturated heterocycles. The minimum atomic E-state index is -0.645. The fraction of sp³-hybridized carbons (Fsp3) is 0.467. The second-order valence-corrected chi connectivity index (χ2v) is 11.1. The maximum atomic E-state index is 13.4. The molecule has 9 nitrogen and oxygen atoms in total. The Hall–Kier alpha value is -3.42. The number of anilines is 1. The SMILES string of the molecule is CCCCCCCCCCSc1c(C=C(C#N)c2ncncc2Cl)c(=O)oc2cc(N(CC)CC)c([N+](=O)[O-])cc12. The third-order valence-electron chi connectivity index (χ3n) is 6.87. The molecule has 0 amide bonds. The van der Waals surface area contributed by atoms with Crippen LogP contribution >= 0.6 is 23.4 Å². The molecule has 0 spiro atoms. The number of thioether (sulfide) groups is 1. The monoisotopic (exact) mass is 597 g/mol. The zero-order valence-corrected chi connectivity index (χ0v) is 25.4. The second kappa shape index (κ2) is 16.1. The first-order chi connectivity index (χ1) is 19.9. The highest BCUT2D eigenvalue weighted by Crippen LogP contribution is 2.39. The van der Waals surface area contributed by atoms with Gasteiger partial charge in [-0.3, -0.25) is 10.1 Å². The van der Waals surface area contributed by atoms with Crippen LogP contribution in [0.4, 0.5) is 11.4 Å². The van der Waals surface area contributed by atoms with E-state index < -0.39 is 10.5 Å². The van der Waals surface area contributed by atoms with Gasteiger partial charge in [-0.15, -0.1) is 11.8 Å². The molecule has 0 saturated carbocycles. The first kappa shape index (κ1) is 32.1. The Morgan fingerprint density at radius 3 is 2.44 bits per heavy atom. The van der Waals surface area contributed by atoms with E-state index in [0.717, 1.165) is 19.3 Å². The summed E-state index contributed by atoms with van der Waals surface area (Å²) in [5.41, 5.74) is 0.322. The first-order valence-electron chi connectivity index (χ1n) is 14.1. The third kappa shape index (κ3) is 8.30. The number of hydrogen-bond acceptors (Lipinski definition) is 9. The van der Waals surface area contributed by atoms with Crippen LogP contribution in [-0.2, 0) is 0 Å². The van der Waals surface area contributed by atoms with Crippen LogP contribution in [0.15, 0.2) is 38.8 Å². The summed E-state index contributed by atoms with van der Waals surface area (Å²) in [7, 11) is 0. The van der Waals surface area contributed by atoms with Crippen molar-refractivity contribution in [2.24, 2.45) is 0 Å². The van der Waals surface area contributed by atoms with Crippen LogP contribution in [0.2, 0.25) is 5.02 Å². The van der Waals surface area contributed by atoms with Crippen LogP contribution in [0, 0.1) is 21.4 Å². The molecule has 0 fully saturated rings. The van der Waals surface area contributed by atoms with Crippen LogP contribution in [0.5, 0.6) is 0 Å². The third-order valence-corrected chi connectivity index (χ3v) is 8.36. The molecule has 3 aromatic rings. The summed E-state index contributed by atoms with van der Waals surface area (Å²) in [6.07, 6.45) is 13.3. The fourth-order valence-electron chi connectivity index (χ4n) is 4.67. The zero-order valence-electron chi connectivity index (χ0n) is 23.8. The lowest BCUT2D eigenvalue weighted by Crippen LogP contribution is -2.23. The quantitative estimate of drug-likeness (QED) is 0.0400. The van der Waals surface area contributed by atoms with Crippen molar-refractivity contribution in [1.82, 2.24) is 9.97 Å². The van der Waals surface area contributed by atoms with Crippen molar-refractivity contribution in [1.29, 1.82) is 5.26 Å². The lowest BCUT2D eigenvalue weighted by atomic mass is 10.1. The number of nitro groups is 1. The Balaban J connectivity index is 2.08. The normalized spacial score (nSPS) is 11.5. The van der Waals surface area contributed by atoms with Crippen molar-refractivity contribution in [3.05, 3.63) is 61.5 Å². The number of halogens is 1. The Kier molecular flexibility index (Phi) is 12.6. The number of nitrogens with zero attached hydrogens (tertiary/aromatic N) is 5. The highest BCUT2D eigenvalue weighted by Gasteiger charge is 2.24. The van der Waals surface area contributed by atoms with E-state index in [1.54, 1.807) is 6.07 Å². The van der Waals surface area contributed by atoms with E-state index in [9.17, 15) is 20.2 Å². The van der Waals surface area contributed by atoms with Gasteiger partial charge in [0, 0.05) is 41.7 Å². The Bertz CT molecular complexity index is 1480. The smallest absolute Gasteiger partial charge is 0.344 e. The van der Waals surface area contributed by atoms with E-state index in [4.69, 9.17) is 16.0 Å². The van der Waals surface area contributed by atoms with Crippen LogP contribution in [0.1, 0.15) is 83.4 Å². The van der Waals surface area contributed by atoms with Crippen molar-refractivity contribution in [2.45, 2.75) is 77.0 Å². The first-order valence-corrected chi connectivity index (χ1v) is 15.5. The summed E-state index contributed by atoms with van der Waals surface area (Å²) in [5.74, 6) is 0.704. The standard InChI is InChI=1S/C30H36ClN5O4S/c1-4-7-8-9-10-11-12-13-14-41-29-22-16-26(36(38)39)25(35(5-2)6-3)17-27(22)40-30(37)23(29)15-21(18-32)28-24(31)19-33-20-34-28/h15-17,19-20H,4-14H2,1-3H3. The molecule has 2 aromatic heterocycles. The van der Waals surface area contributed by atoms with Gasteiger partial charge in [-0.2, -0.15) is 5.26 Å². The molecule has 0 N–H and O–H groups in total. The molecule has 0 radical (unpaired) electrons. The summed E-state index contributed by atoms with van der Waals surface area (Å²) >= 11 is 7.68. The van der Waals surface area contributed by atoms with Crippen LogP contribution in [0.25, 0.3) is 22.6 Å². The Morgan fingerprint density at radius 1 is 1.15 bits per heavy atom. The molecule has 0 atom stereocenters. The summed E-state index contributed by atoms with van der Waals surface area (Å²) in [5, 5.41) is 22.7. The average molecular weight is 598 g/mol. The number of nitriles is 1. The van der Waals surface area contributed by atoms with Crippen molar-refractivity contribution in [2.75, 3.05) is 23.7 Å². The van der Waals surface area contributed by atoms with Gasteiger partial charge in [0.15, 0.2) is 0 Å². The minimum Gasteiger partial charge on any atom is -0.422 e. The van der Waals surface area contributed by atoms with E-state index in [1.807, 2.05) is 18.7 Å². The molecule has 11 heteroatoms. The van der Waals surface area contributed by atoms with Crippen molar-refractivity contribution < 1.29 is 9.34 Å². The lowest BCUT2D eigenvalue weighted by molar-refractivity contribution is -0.384. The van der Waals surface area contributed by atoms with E-state index in [-0.39, 0.29) is 33.1 Å². The molecule has 1 aromatic carbocycles. The molecule has 0 aliphatic heterocycles. The number of benzene rings is 1. The van der Waals surface area contributed by atoms with Crippen LogP contribution < -0.4 is 10.5 Å². The largest absolute Gasteiger partial charge is 0.422 e. The highest BCUT2D eigenvalue weighted by molar-refractivity contribution is 7.99. The minimum absolute atomic E-state index is 0.0623. The maximum absolute atomic E-state index is 13.4. The molecule has 2 heterocycles. The van der Waals surface area contributed by atoms with E-state index >= 15 is 0 Å².